The Labute approximate surface area is 202 Å². The minimum atomic E-state index is -3.75. The summed E-state index contributed by atoms with van der Waals surface area (Å²) < 4.78 is 33.0. The lowest BCUT2D eigenvalue weighted by atomic mass is 9.79. The molecule has 0 atom stereocenters. The van der Waals surface area contributed by atoms with Gasteiger partial charge in [-0.1, -0.05) is 57.7 Å². The van der Waals surface area contributed by atoms with Crippen molar-refractivity contribution in [1.82, 2.24) is 0 Å². The summed E-state index contributed by atoms with van der Waals surface area (Å²) in [6.45, 7) is 11.7. The van der Waals surface area contributed by atoms with Gasteiger partial charge < -0.3 is 14.7 Å². The molecule has 0 unspecified atom stereocenters. The number of aliphatic carboxylic acids is 1. The lowest BCUT2D eigenvalue weighted by Gasteiger charge is -2.37. The number of carbonyl (C=O) groups is 1. The molecule has 1 heterocycles. The van der Waals surface area contributed by atoms with Crippen molar-refractivity contribution in [3.05, 3.63) is 53.9 Å². The summed E-state index contributed by atoms with van der Waals surface area (Å²) in [5.41, 5.74) is 0.939. The fourth-order valence-corrected chi connectivity index (χ4v) is 6.77. The summed E-state index contributed by atoms with van der Waals surface area (Å²) in [5, 5.41) is 9.02. The van der Waals surface area contributed by atoms with Gasteiger partial charge in [0.1, 0.15) is 5.75 Å². The van der Waals surface area contributed by atoms with Crippen LogP contribution in [0.25, 0.3) is 4.85 Å². The van der Waals surface area contributed by atoms with Crippen molar-refractivity contribution < 1.29 is 23.1 Å². The number of unbranched alkanes of at least 4 members (excludes halogenated alkanes) is 2. The predicted octanol–water partition coefficient (Wildman–Crippen LogP) is 5.99. The Morgan fingerprint density at radius 1 is 1.15 bits per heavy atom. The number of hydrogen-bond acceptors (Lipinski definition) is 5. The smallest absolute Gasteiger partial charge is 0.341 e. The van der Waals surface area contributed by atoms with Gasteiger partial charge in [-0.3, -0.25) is 0 Å². The highest BCUT2D eigenvalue weighted by Crippen LogP contribution is 2.48. The Hall–Kier alpha value is -3.05. The summed E-state index contributed by atoms with van der Waals surface area (Å²) >= 11 is 0. The van der Waals surface area contributed by atoms with E-state index in [0.29, 0.717) is 12.2 Å². The van der Waals surface area contributed by atoms with Gasteiger partial charge >= 0.3 is 5.97 Å². The second-order valence-electron chi connectivity index (χ2n) is 8.97. The molecular weight excluding hydrogens is 452 g/mol. The number of benzene rings is 2. The van der Waals surface area contributed by atoms with E-state index in [2.05, 4.69) is 18.7 Å². The van der Waals surface area contributed by atoms with Gasteiger partial charge in [-0.2, -0.15) is 0 Å². The van der Waals surface area contributed by atoms with Gasteiger partial charge in [-0.15, -0.1) is 0 Å². The van der Waals surface area contributed by atoms with Gasteiger partial charge in [0.25, 0.3) is 0 Å². The van der Waals surface area contributed by atoms with Crippen molar-refractivity contribution >= 4 is 32.9 Å². The maximum atomic E-state index is 13.8. The minimum absolute atomic E-state index is 0.00602. The number of carboxylic acid groups (broad SMARTS) is 1. The van der Waals surface area contributed by atoms with E-state index < -0.39 is 27.8 Å². The zero-order valence-electron chi connectivity index (χ0n) is 19.8. The highest BCUT2D eigenvalue weighted by Gasteiger charge is 2.42. The molecule has 1 aliphatic rings. The average molecular weight is 485 g/mol. The minimum Gasteiger partial charge on any atom is -0.493 e. The van der Waals surface area contributed by atoms with E-state index in [1.165, 1.54) is 12.1 Å². The molecule has 1 N–H and O–H groups in total. The first-order valence-electron chi connectivity index (χ1n) is 11.7. The molecule has 0 bridgehead atoms. The third kappa shape index (κ3) is 5.71. The Bertz CT molecular complexity index is 1150. The summed E-state index contributed by atoms with van der Waals surface area (Å²) in [5.74, 6) is -1.22. The van der Waals surface area contributed by atoms with E-state index in [4.69, 9.17) is 16.4 Å². The molecule has 7 nitrogen and oxygen atoms in total. The summed E-state index contributed by atoms with van der Waals surface area (Å²) in [7, 11) is -3.75. The van der Waals surface area contributed by atoms with Crippen LogP contribution in [-0.2, 0) is 14.6 Å². The van der Waals surface area contributed by atoms with Gasteiger partial charge in [0, 0.05) is 23.3 Å². The molecule has 34 heavy (non-hydrogen) atoms. The summed E-state index contributed by atoms with van der Waals surface area (Å²) in [6.07, 6.45) is 5.38. The largest absolute Gasteiger partial charge is 0.493 e. The lowest BCUT2D eigenvalue weighted by molar-refractivity contribution is -0.139. The van der Waals surface area contributed by atoms with Crippen LogP contribution in [-0.4, -0.2) is 38.4 Å². The van der Waals surface area contributed by atoms with Crippen molar-refractivity contribution in [3.8, 4) is 5.75 Å². The first-order chi connectivity index (χ1) is 16.2. The molecule has 182 valence electrons. The maximum absolute atomic E-state index is 13.8. The molecule has 0 radical (unpaired) electrons. The second kappa shape index (κ2) is 10.9. The topological polar surface area (TPSA) is 88.3 Å². The van der Waals surface area contributed by atoms with Crippen LogP contribution in [0.15, 0.2) is 47.4 Å². The van der Waals surface area contributed by atoms with Crippen LogP contribution in [0.2, 0.25) is 0 Å². The quantitative estimate of drug-likeness (QED) is 0.417. The lowest BCUT2D eigenvalue weighted by Crippen LogP contribution is -2.38. The van der Waals surface area contributed by atoms with Crippen molar-refractivity contribution in [2.75, 3.05) is 23.8 Å². The van der Waals surface area contributed by atoms with Gasteiger partial charge in [-0.25, -0.2) is 18.1 Å². The highest BCUT2D eigenvalue weighted by atomic mass is 32.2. The van der Waals surface area contributed by atoms with Gasteiger partial charge in [0.15, 0.2) is 16.4 Å². The van der Waals surface area contributed by atoms with E-state index in [1.54, 1.807) is 0 Å². The molecule has 0 aliphatic carbocycles. The normalized spacial score (nSPS) is 16.2. The van der Waals surface area contributed by atoms with E-state index in [0.717, 1.165) is 44.2 Å². The summed E-state index contributed by atoms with van der Waals surface area (Å²) in [6, 6.07) is 12.5. The number of fused-ring (bicyclic) bond motifs is 1. The number of nitrogens with zero attached hydrogens (tertiary/aromatic N) is 2. The van der Waals surface area contributed by atoms with Crippen molar-refractivity contribution in [3.63, 3.8) is 0 Å². The van der Waals surface area contributed by atoms with Gasteiger partial charge in [0.05, 0.1) is 17.2 Å². The fraction of sp³-hybridized carbons (Fsp3) is 0.462. The average Bonchev–Trinajstić information content (AvgIpc) is 2.92. The van der Waals surface area contributed by atoms with E-state index in [9.17, 15) is 13.2 Å². The first kappa shape index (κ1) is 25.6. The SMILES string of the molecule is [C-]#[N+]c1cc2c(cc1OCC(=O)O)S(=O)(=O)CC(CCCC)(CCCC)CN2c1ccccc1. The molecule has 0 spiro atoms. The molecule has 2 aromatic rings. The number of anilines is 2. The van der Waals surface area contributed by atoms with Crippen LogP contribution >= 0.6 is 0 Å². The van der Waals surface area contributed by atoms with Crippen molar-refractivity contribution in [2.24, 2.45) is 5.41 Å². The Balaban J connectivity index is 2.24. The van der Waals surface area contributed by atoms with Crippen molar-refractivity contribution in [1.29, 1.82) is 0 Å². The highest BCUT2D eigenvalue weighted by molar-refractivity contribution is 7.91. The van der Waals surface area contributed by atoms with E-state index in [-0.39, 0.29) is 22.1 Å². The van der Waals surface area contributed by atoms with Crippen LogP contribution in [0.3, 0.4) is 0 Å². The maximum Gasteiger partial charge on any atom is 0.341 e. The summed E-state index contributed by atoms with van der Waals surface area (Å²) in [4.78, 5) is 16.6. The van der Waals surface area contributed by atoms with E-state index >= 15 is 0 Å². The number of ether oxygens (including phenoxy) is 1. The molecule has 3 rings (SSSR count). The third-order valence-corrected chi connectivity index (χ3v) is 8.31. The number of sulfone groups is 1. The Morgan fingerprint density at radius 3 is 2.35 bits per heavy atom. The second-order valence-corrected chi connectivity index (χ2v) is 10.9. The number of carboxylic acids is 1. The van der Waals surface area contributed by atoms with Crippen LogP contribution in [0.5, 0.6) is 5.75 Å². The Morgan fingerprint density at radius 2 is 1.79 bits per heavy atom. The predicted molar refractivity (Wildman–Crippen MR) is 133 cm³/mol. The number of para-hydroxylation sites is 1. The molecule has 8 heteroatoms. The Kier molecular flexibility index (Phi) is 8.21. The standard InChI is InChI=1S/C26H32N2O5S/c1-4-6-13-26(14-7-5-2)18-28(20-11-9-8-10-12-20)22-15-21(27-3)23(33-17-25(29)30)16-24(22)34(31,32)19-26/h8-12,15-16H,4-7,13-14,17-19H2,1-2H3,(H,29,30). The van der Waals surface area contributed by atoms with Crippen LogP contribution in [0.1, 0.15) is 52.4 Å². The van der Waals surface area contributed by atoms with Gasteiger partial charge in [0.2, 0.25) is 5.69 Å². The molecule has 0 saturated carbocycles. The van der Waals surface area contributed by atoms with Crippen LogP contribution < -0.4 is 9.64 Å². The molecule has 0 saturated heterocycles. The number of hydrogen-bond donors (Lipinski definition) is 1. The number of rotatable bonds is 10. The van der Waals surface area contributed by atoms with Gasteiger partial charge in [-0.05, 0) is 37.1 Å². The zero-order valence-corrected chi connectivity index (χ0v) is 20.6. The molecule has 0 amide bonds. The molecule has 2 aromatic carbocycles. The monoisotopic (exact) mass is 484 g/mol. The molecular formula is C26H32N2O5S. The zero-order chi connectivity index (χ0) is 24.8. The molecule has 1 aliphatic heterocycles. The van der Waals surface area contributed by atoms with Crippen LogP contribution in [0.4, 0.5) is 17.1 Å². The van der Waals surface area contributed by atoms with E-state index in [1.807, 2.05) is 35.2 Å². The third-order valence-electron chi connectivity index (χ3n) is 6.32. The fourth-order valence-electron chi connectivity index (χ4n) is 4.66. The molecule has 0 aromatic heterocycles. The molecule has 0 fully saturated rings. The first-order valence-corrected chi connectivity index (χ1v) is 13.4. The van der Waals surface area contributed by atoms with Crippen LogP contribution in [0, 0.1) is 12.0 Å². The van der Waals surface area contributed by atoms with Crippen molar-refractivity contribution in [2.45, 2.75) is 57.3 Å².